The van der Waals surface area contributed by atoms with E-state index in [1.807, 2.05) is 4.72 Å². The number of sulfonamides is 1. The first-order chi connectivity index (χ1) is 10.4. The number of hydrogen-bond donors (Lipinski definition) is 3. The molecule has 2 rings (SSSR count). The predicted octanol–water partition coefficient (Wildman–Crippen LogP) is 1.15. The minimum absolute atomic E-state index is 0.0680. The molecular weight excluding hydrogens is 306 g/mol. The molecule has 0 aliphatic carbocycles. The zero-order chi connectivity index (χ0) is 16.2. The molecule has 2 aromatic carbocycles. The van der Waals surface area contributed by atoms with Crippen LogP contribution >= 0.6 is 0 Å². The average Bonchev–Trinajstić information content (AvgIpc) is 2.53. The van der Waals surface area contributed by atoms with Crippen molar-refractivity contribution in [3.8, 4) is 0 Å². The predicted molar refractivity (Wildman–Crippen MR) is 79.6 cm³/mol. The molecule has 0 heterocycles. The molecule has 0 bridgehead atoms. The van der Waals surface area contributed by atoms with E-state index in [2.05, 4.69) is 0 Å². The summed E-state index contributed by atoms with van der Waals surface area (Å²) in [5.74, 6) is -1.46. The van der Waals surface area contributed by atoms with Gasteiger partial charge in [-0.2, -0.15) is 4.72 Å². The topological polar surface area (TPSA) is 104 Å². The van der Waals surface area contributed by atoms with Crippen molar-refractivity contribution in [2.45, 2.75) is 17.0 Å². The summed E-state index contributed by atoms with van der Waals surface area (Å²) in [6.45, 7) is 0. The van der Waals surface area contributed by atoms with Crippen LogP contribution in [0.15, 0.2) is 65.6 Å². The highest BCUT2D eigenvalue weighted by atomic mass is 32.2. The molecule has 0 aliphatic rings. The SMILES string of the molecule is O=C(O)[C@@H](NS(=O)(=O)c1ccccc1)[C@H](O)c1ccccc1. The molecule has 3 N–H and O–H groups in total. The molecule has 22 heavy (non-hydrogen) atoms. The molecule has 0 amide bonds. The molecule has 0 aromatic heterocycles. The number of aliphatic carboxylic acids is 1. The Morgan fingerprint density at radius 2 is 1.45 bits per heavy atom. The van der Waals surface area contributed by atoms with Crippen molar-refractivity contribution in [1.82, 2.24) is 4.72 Å². The molecule has 2 atom stereocenters. The molecule has 7 heteroatoms. The third kappa shape index (κ3) is 3.70. The van der Waals surface area contributed by atoms with Gasteiger partial charge < -0.3 is 10.2 Å². The summed E-state index contributed by atoms with van der Waals surface area (Å²) in [4.78, 5) is 11.3. The lowest BCUT2D eigenvalue weighted by molar-refractivity contribution is -0.141. The Balaban J connectivity index is 2.28. The van der Waals surface area contributed by atoms with Crippen LogP contribution in [0.3, 0.4) is 0 Å². The number of nitrogens with one attached hydrogen (secondary N) is 1. The maximum Gasteiger partial charge on any atom is 0.324 e. The van der Waals surface area contributed by atoms with Crippen LogP contribution in [-0.4, -0.2) is 30.6 Å². The van der Waals surface area contributed by atoms with Gasteiger partial charge in [0, 0.05) is 0 Å². The Morgan fingerprint density at radius 3 is 1.95 bits per heavy atom. The van der Waals surface area contributed by atoms with Crippen LogP contribution in [0.25, 0.3) is 0 Å². The fourth-order valence-electron chi connectivity index (χ4n) is 1.93. The summed E-state index contributed by atoms with van der Waals surface area (Å²) < 4.78 is 26.4. The Labute approximate surface area is 128 Å². The van der Waals surface area contributed by atoms with Crippen molar-refractivity contribution in [3.63, 3.8) is 0 Å². The van der Waals surface area contributed by atoms with Gasteiger partial charge in [0.1, 0.15) is 12.1 Å². The van der Waals surface area contributed by atoms with E-state index < -0.39 is 28.1 Å². The van der Waals surface area contributed by atoms with Gasteiger partial charge in [-0.05, 0) is 17.7 Å². The van der Waals surface area contributed by atoms with Crippen molar-refractivity contribution >= 4 is 16.0 Å². The first-order valence-corrected chi connectivity index (χ1v) is 7.93. The van der Waals surface area contributed by atoms with Crippen LogP contribution < -0.4 is 4.72 Å². The number of hydrogen-bond acceptors (Lipinski definition) is 4. The highest BCUT2D eigenvalue weighted by molar-refractivity contribution is 7.89. The van der Waals surface area contributed by atoms with Crippen molar-refractivity contribution in [2.24, 2.45) is 0 Å². The van der Waals surface area contributed by atoms with Crippen molar-refractivity contribution in [2.75, 3.05) is 0 Å². The number of rotatable bonds is 6. The zero-order valence-electron chi connectivity index (χ0n) is 11.5. The maximum atomic E-state index is 12.2. The van der Waals surface area contributed by atoms with Crippen LogP contribution in [0.5, 0.6) is 0 Å². The minimum Gasteiger partial charge on any atom is -0.480 e. The van der Waals surface area contributed by atoms with Gasteiger partial charge in [0.25, 0.3) is 0 Å². The van der Waals surface area contributed by atoms with E-state index >= 15 is 0 Å². The molecule has 0 saturated heterocycles. The number of benzene rings is 2. The average molecular weight is 321 g/mol. The third-order valence-electron chi connectivity index (χ3n) is 3.06. The smallest absolute Gasteiger partial charge is 0.324 e. The lowest BCUT2D eigenvalue weighted by Crippen LogP contribution is -2.44. The van der Waals surface area contributed by atoms with Gasteiger partial charge in [0.05, 0.1) is 4.90 Å². The first kappa shape index (κ1) is 16.2. The quantitative estimate of drug-likeness (QED) is 0.740. The van der Waals surface area contributed by atoms with E-state index in [0.717, 1.165) is 0 Å². The largest absolute Gasteiger partial charge is 0.480 e. The maximum absolute atomic E-state index is 12.2. The van der Waals surface area contributed by atoms with Gasteiger partial charge in [-0.15, -0.1) is 0 Å². The molecule has 6 nitrogen and oxygen atoms in total. The summed E-state index contributed by atoms with van der Waals surface area (Å²) in [5.41, 5.74) is 0.311. The fraction of sp³-hybridized carbons (Fsp3) is 0.133. The Kier molecular flexibility index (Phi) is 4.92. The highest BCUT2D eigenvalue weighted by Gasteiger charge is 2.32. The van der Waals surface area contributed by atoms with E-state index in [1.54, 1.807) is 24.3 Å². The lowest BCUT2D eigenvalue weighted by atomic mass is 10.0. The summed E-state index contributed by atoms with van der Waals surface area (Å²) in [7, 11) is -4.05. The van der Waals surface area contributed by atoms with Crippen LogP contribution in [-0.2, 0) is 14.8 Å². The highest BCUT2D eigenvalue weighted by Crippen LogP contribution is 2.19. The van der Waals surface area contributed by atoms with Crippen LogP contribution in [0.2, 0.25) is 0 Å². The number of aliphatic hydroxyl groups is 1. The summed E-state index contributed by atoms with van der Waals surface area (Å²) in [6.07, 6.45) is -1.50. The summed E-state index contributed by atoms with van der Waals surface area (Å²) in [5, 5.41) is 19.4. The number of carboxylic acids is 1. The molecule has 0 fully saturated rings. The second-order valence-corrected chi connectivity index (χ2v) is 6.32. The van der Waals surface area contributed by atoms with Gasteiger partial charge >= 0.3 is 5.97 Å². The second-order valence-electron chi connectivity index (χ2n) is 4.61. The van der Waals surface area contributed by atoms with Gasteiger partial charge in [0.15, 0.2) is 0 Å². The Hall–Kier alpha value is -2.22. The Bertz CT molecular complexity index is 731. The van der Waals surface area contributed by atoms with Gasteiger partial charge in [0.2, 0.25) is 10.0 Å². The molecule has 0 spiro atoms. The lowest BCUT2D eigenvalue weighted by Gasteiger charge is -2.20. The summed E-state index contributed by atoms with van der Waals surface area (Å²) >= 11 is 0. The van der Waals surface area contributed by atoms with Crippen LogP contribution in [0.4, 0.5) is 0 Å². The molecule has 116 valence electrons. The monoisotopic (exact) mass is 321 g/mol. The van der Waals surface area contributed by atoms with Crippen molar-refractivity contribution in [1.29, 1.82) is 0 Å². The third-order valence-corrected chi connectivity index (χ3v) is 4.52. The van der Waals surface area contributed by atoms with E-state index in [9.17, 15) is 23.4 Å². The molecule has 0 radical (unpaired) electrons. The van der Waals surface area contributed by atoms with E-state index in [4.69, 9.17) is 0 Å². The second kappa shape index (κ2) is 6.69. The fourth-order valence-corrected chi connectivity index (χ4v) is 3.14. The van der Waals surface area contributed by atoms with Crippen LogP contribution in [0, 0.1) is 0 Å². The van der Waals surface area contributed by atoms with Gasteiger partial charge in [-0.25, -0.2) is 8.42 Å². The van der Waals surface area contributed by atoms with Gasteiger partial charge in [-0.1, -0.05) is 48.5 Å². The molecule has 0 saturated carbocycles. The van der Waals surface area contributed by atoms with Gasteiger partial charge in [-0.3, -0.25) is 4.79 Å². The van der Waals surface area contributed by atoms with E-state index in [0.29, 0.717) is 5.56 Å². The van der Waals surface area contributed by atoms with Crippen LogP contribution in [0.1, 0.15) is 11.7 Å². The molecular formula is C15H15NO5S. The Morgan fingerprint density at radius 1 is 0.955 bits per heavy atom. The normalized spacial score (nSPS) is 14.2. The number of carboxylic acid groups (broad SMARTS) is 1. The zero-order valence-corrected chi connectivity index (χ0v) is 12.3. The van der Waals surface area contributed by atoms with Crippen molar-refractivity contribution < 1.29 is 23.4 Å². The van der Waals surface area contributed by atoms with E-state index in [-0.39, 0.29) is 4.90 Å². The molecule has 0 unspecified atom stereocenters. The molecule has 0 aliphatic heterocycles. The minimum atomic E-state index is -4.05. The standard InChI is InChI=1S/C15H15NO5S/c17-14(11-7-3-1-4-8-11)13(15(18)19)16-22(20,21)12-9-5-2-6-10-12/h1-10,13-14,16-17H,(H,18,19)/t13-,14+/m0/s1. The van der Waals surface area contributed by atoms with Crippen molar-refractivity contribution in [3.05, 3.63) is 66.2 Å². The summed E-state index contributed by atoms with van der Waals surface area (Å²) in [6, 6.07) is 13.7. The number of aliphatic hydroxyl groups excluding tert-OH is 1. The molecule has 2 aromatic rings. The number of carbonyl (C=O) groups is 1. The van der Waals surface area contributed by atoms with E-state index in [1.165, 1.54) is 36.4 Å². The first-order valence-electron chi connectivity index (χ1n) is 6.45.